The minimum Gasteiger partial charge on any atom is -0.355 e. The van der Waals surface area contributed by atoms with E-state index in [9.17, 15) is 4.79 Å². The number of carbonyl (C=O) groups is 1. The van der Waals surface area contributed by atoms with Gasteiger partial charge in [-0.15, -0.1) is 0 Å². The number of likely N-dealkylation sites (N-methyl/N-ethyl adjacent to an activating group) is 1. The highest BCUT2D eigenvalue weighted by atomic mass is 16.1. The fraction of sp³-hybridized carbons (Fsp3) is 0.889. The first-order chi connectivity index (χ1) is 6.31. The first-order valence-corrected chi connectivity index (χ1v) is 4.93. The lowest BCUT2D eigenvalue weighted by Crippen LogP contribution is -2.34. The van der Waals surface area contributed by atoms with Gasteiger partial charge in [0.25, 0.3) is 0 Å². The van der Waals surface area contributed by atoms with E-state index in [2.05, 4.69) is 16.0 Å². The van der Waals surface area contributed by atoms with Gasteiger partial charge in [0.15, 0.2) is 0 Å². The van der Waals surface area contributed by atoms with Crippen molar-refractivity contribution >= 4 is 5.91 Å². The van der Waals surface area contributed by atoms with Gasteiger partial charge in [-0.1, -0.05) is 6.92 Å². The second-order valence-corrected chi connectivity index (χ2v) is 2.94. The Kier molecular flexibility index (Phi) is 9.03. The van der Waals surface area contributed by atoms with Gasteiger partial charge in [0, 0.05) is 6.54 Å². The van der Waals surface area contributed by atoms with Crippen LogP contribution in [0.1, 0.15) is 19.8 Å². The topological polar surface area (TPSA) is 53.2 Å². The molecule has 4 heteroatoms. The number of hydrogen-bond donors (Lipinski definition) is 3. The van der Waals surface area contributed by atoms with Crippen LogP contribution in [-0.4, -0.2) is 39.1 Å². The average Bonchev–Trinajstić information content (AvgIpc) is 2.14. The summed E-state index contributed by atoms with van der Waals surface area (Å²) in [7, 11) is 1.93. The van der Waals surface area contributed by atoms with Crippen LogP contribution >= 0.6 is 0 Å². The molecular formula is C9H21N3O. The van der Waals surface area contributed by atoms with Gasteiger partial charge in [-0.05, 0) is 33.0 Å². The Morgan fingerprint density at radius 2 is 1.92 bits per heavy atom. The highest BCUT2D eigenvalue weighted by Crippen LogP contribution is 1.83. The Bertz CT molecular complexity index is 128. The molecule has 0 radical (unpaired) electrons. The van der Waals surface area contributed by atoms with Crippen LogP contribution in [0, 0.1) is 0 Å². The molecule has 78 valence electrons. The Balaban J connectivity index is 3.08. The molecule has 4 nitrogen and oxygen atoms in total. The molecule has 3 N–H and O–H groups in total. The third kappa shape index (κ3) is 9.30. The number of amides is 1. The Morgan fingerprint density at radius 1 is 1.23 bits per heavy atom. The molecule has 0 aromatic rings. The van der Waals surface area contributed by atoms with Gasteiger partial charge in [-0.25, -0.2) is 0 Å². The van der Waals surface area contributed by atoms with Crippen molar-refractivity contribution in [2.24, 2.45) is 0 Å². The molecule has 0 heterocycles. The third-order valence-electron chi connectivity index (χ3n) is 1.71. The van der Waals surface area contributed by atoms with Crippen LogP contribution in [0.3, 0.4) is 0 Å². The maximum absolute atomic E-state index is 11.0. The van der Waals surface area contributed by atoms with Gasteiger partial charge in [-0.2, -0.15) is 0 Å². The van der Waals surface area contributed by atoms with E-state index in [1.807, 2.05) is 14.0 Å². The molecule has 0 fully saturated rings. The zero-order chi connectivity index (χ0) is 9.94. The third-order valence-corrected chi connectivity index (χ3v) is 1.71. The minimum absolute atomic E-state index is 0.0892. The quantitative estimate of drug-likeness (QED) is 0.458. The fourth-order valence-electron chi connectivity index (χ4n) is 0.956. The highest BCUT2D eigenvalue weighted by Gasteiger charge is 1.97. The van der Waals surface area contributed by atoms with Crippen molar-refractivity contribution in [2.75, 3.05) is 33.2 Å². The van der Waals surface area contributed by atoms with Crippen LogP contribution in [0.2, 0.25) is 0 Å². The Morgan fingerprint density at radius 3 is 2.54 bits per heavy atom. The number of rotatable bonds is 8. The predicted molar refractivity (Wildman–Crippen MR) is 54.7 cm³/mol. The van der Waals surface area contributed by atoms with Crippen molar-refractivity contribution in [1.29, 1.82) is 0 Å². The van der Waals surface area contributed by atoms with Crippen molar-refractivity contribution in [3.8, 4) is 0 Å². The minimum atomic E-state index is 0.0892. The molecule has 0 saturated carbocycles. The SMILES string of the molecule is CCNCC(=O)NCCCCNC. The predicted octanol–water partition coefficient (Wildman–Crippen LogP) is -0.288. The highest BCUT2D eigenvalue weighted by molar-refractivity contribution is 5.77. The maximum Gasteiger partial charge on any atom is 0.233 e. The summed E-state index contributed by atoms with van der Waals surface area (Å²) < 4.78 is 0. The van der Waals surface area contributed by atoms with E-state index >= 15 is 0 Å². The lowest BCUT2D eigenvalue weighted by Gasteiger charge is -2.04. The van der Waals surface area contributed by atoms with E-state index in [0.29, 0.717) is 6.54 Å². The molecule has 0 aliphatic rings. The Labute approximate surface area is 80.5 Å². The van der Waals surface area contributed by atoms with Crippen LogP contribution in [0.25, 0.3) is 0 Å². The molecule has 0 saturated heterocycles. The largest absolute Gasteiger partial charge is 0.355 e. The second-order valence-electron chi connectivity index (χ2n) is 2.94. The second kappa shape index (κ2) is 9.48. The van der Waals surface area contributed by atoms with E-state index in [1.165, 1.54) is 0 Å². The van der Waals surface area contributed by atoms with Crippen molar-refractivity contribution in [2.45, 2.75) is 19.8 Å². The standard InChI is InChI=1S/C9H21N3O/c1-3-11-8-9(13)12-7-5-4-6-10-2/h10-11H,3-8H2,1-2H3,(H,12,13). The number of hydrogen-bond acceptors (Lipinski definition) is 3. The summed E-state index contributed by atoms with van der Waals surface area (Å²) in [4.78, 5) is 11.0. The van der Waals surface area contributed by atoms with E-state index in [4.69, 9.17) is 0 Å². The molecule has 13 heavy (non-hydrogen) atoms. The Hall–Kier alpha value is -0.610. The smallest absolute Gasteiger partial charge is 0.233 e. The molecule has 0 rings (SSSR count). The zero-order valence-electron chi connectivity index (χ0n) is 8.65. The number of unbranched alkanes of at least 4 members (excludes halogenated alkanes) is 1. The normalized spacial score (nSPS) is 10.0. The lowest BCUT2D eigenvalue weighted by molar-refractivity contribution is -0.120. The van der Waals surface area contributed by atoms with Crippen molar-refractivity contribution in [1.82, 2.24) is 16.0 Å². The van der Waals surface area contributed by atoms with Gasteiger partial charge in [0.05, 0.1) is 6.54 Å². The zero-order valence-corrected chi connectivity index (χ0v) is 8.65. The summed E-state index contributed by atoms with van der Waals surface area (Å²) in [5.74, 6) is 0.0892. The monoisotopic (exact) mass is 187 g/mol. The number of nitrogens with one attached hydrogen (secondary N) is 3. The van der Waals surface area contributed by atoms with Gasteiger partial charge < -0.3 is 16.0 Å². The first kappa shape index (κ1) is 12.4. The fourth-order valence-corrected chi connectivity index (χ4v) is 0.956. The van der Waals surface area contributed by atoms with E-state index in [1.54, 1.807) is 0 Å². The molecule has 0 atom stereocenters. The lowest BCUT2D eigenvalue weighted by atomic mass is 10.3. The van der Waals surface area contributed by atoms with Crippen LogP contribution in [-0.2, 0) is 4.79 Å². The van der Waals surface area contributed by atoms with Crippen molar-refractivity contribution in [3.63, 3.8) is 0 Å². The summed E-state index contributed by atoms with van der Waals surface area (Å²) in [6.45, 7) is 5.06. The van der Waals surface area contributed by atoms with E-state index in [-0.39, 0.29) is 5.91 Å². The van der Waals surface area contributed by atoms with Crippen LogP contribution < -0.4 is 16.0 Å². The number of carbonyl (C=O) groups excluding carboxylic acids is 1. The molecule has 0 aliphatic carbocycles. The molecular weight excluding hydrogens is 166 g/mol. The summed E-state index contributed by atoms with van der Waals surface area (Å²) in [6.07, 6.45) is 2.15. The van der Waals surface area contributed by atoms with E-state index in [0.717, 1.165) is 32.5 Å². The maximum atomic E-state index is 11.0. The summed E-state index contributed by atoms with van der Waals surface area (Å²) in [6, 6.07) is 0. The van der Waals surface area contributed by atoms with Gasteiger partial charge >= 0.3 is 0 Å². The molecule has 0 aliphatic heterocycles. The summed E-state index contributed by atoms with van der Waals surface area (Å²) in [5, 5.41) is 8.89. The van der Waals surface area contributed by atoms with Crippen molar-refractivity contribution < 1.29 is 4.79 Å². The molecule has 1 amide bonds. The summed E-state index contributed by atoms with van der Waals surface area (Å²) in [5.41, 5.74) is 0. The van der Waals surface area contributed by atoms with Gasteiger partial charge in [-0.3, -0.25) is 4.79 Å². The van der Waals surface area contributed by atoms with Crippen molar-refractivity contribution in [3.05, 3.63) is 0 Å². The first-order valence-electron chi connectivity index (χ1n) is 4.93. The average molecular weight is 187 g/mol. The summed E-state index contributed by atoms with van der Waals surface area (Å²) >= 11 is 0. The van der Waals surface area contributed by atoms with Crippen LogP contribution in [0.4, 0.5) is 0 Å². The van der Waals surface area contributed by atoms with Gasteiger partial charge in [0.2, 0.25) is 5.91 Å². The van der Waals surface area contributed by atoms with Crippen LogP contribution in [0.5, 0.6) is 0 Å². The molecule has 0 bridgehead atoms. The van der Waals surface area contributed by atoms with Crippen LogP contribution in [0.15, 0.2) is 0 Å². The molecule has 0 spiro atoms. The molecule has 0 aromatic heterocycles. The molecule has 0 aromatic carbocycles. The molecule has 0 unspecified atom stereocenters. The van der Waals surface area contributed by atoms with E-state index < -0.39 is 0 Å². The van der Waals surface area contributed by atoms with Gasteiger partial charge in [0.1, 0.15) is 0 Å².